The van der Waals surface area contributed by atoms with Crippen LogP contribution in [0.2, 0.25) is 0 Å². The molecular formula is C23H30N4O3. The molecule has 7 nitrogen and oxygen atoms in total. The van der Waals surface area contributed by atoms with Gasteiger partial charge in [-0.15, -0.1) is 0 Å². The third-order valence-electron chi connectivity index (χ3n) is 5.70. The molecule has 1 aromatic heterocycles. The number of benzene rings is 1. The van der Waals surface area contributed by atoms with Crippen molar-refractivity contribution in [3.63, 3.8) is 0 Å². The average Bonchev–Trinajstić information content (AvgIpc) is 3.05. The summed E-state index contributed by atoms with van der Waals surface area (Å²) in [5, 5.41) is 4.34. The van der Waals surface area contributed by atoms with Crippen molar-refractivity contribution in [2.24, 2.45) is 0 Å². The predicted molar refractivity (Wildman–Crippen MR) is 117 cm³/mol. The van der Waals surface area contributed by atoms with Gasteiger partial charge in [-0.25, -0.2) is 9.59 Å². The first kappa shape index (κ1) is 20.5. The molecular weight excluding hydrogens is 380 g/mol. The molecule has 0 spiro atoms. The van der Waals surface area contributed by atoms with Crippen LogP contribution in [0.1, 0.15) is 39.0 Å². The molecule has 2 N–H and O–H groups in total. The van der Waals surface area contributed by atoms with Crippen molar-refractivity contribution < 1.29 is 14.3 Å². The van der Waals surface area contributed by atoms with Gasteiger partial charge in [0.1, 0.15) is 0 Å². The zero-order valence-corrected chi connectivity index (χ0v) is 18.1. The highest BCUT2D eigenvalue weighted by atomic mass is 16.5. The number of aromatic nitrogens is 1. The molecule has 2 amide bonds. The number of nitrogens with zero attached hydrogens (tertiary/aromatic N) is 2. The zero-order valence-electron chi connectivity index (χ0n) is 18.1. The Bertz CT molecular complexity index is 999. The second-order valence-electron chi connectivity index (χ2n) is 8.95. The van der Waals surface area contributed by atoms with Crippen LogP contribution in [0, 0.1) is 0 Å². The smallest absolute Gasteiger partial charge is 0.342 e. The molecule has 7 heteroatoms. The lowest BCUT2D eigenvalue weighted by Gasteiger charge is -2.35. The van der Waals surface area contributed by atoms with Crippen LogP contribution in [-0.4, -0.2) is 65.6 Å². The first-order valence-corrected chi connectivity index (χ1v) is 10.6. The summed E-state index contributed by atoms with van der Waals surface area (Å²) in [4.78, 5) is 33.4. The Hall–Kier alpha value is -2.80. The fourth-order valence-corrected chi connectivity index (χ4v) is 4.41. The molecule has 0 unspecified atom stereocenters. The van der Waals surface area contributed by atoms with Crippen molar-refractivity contribution in [3.05, 3.63) is 41.7 Å². The van der Waals surface area contributed by atoms with Crippen LogP contribution in [-0.2, 0) is 14.9 Å². The first-order valence-electron chi connectivity index (χ1n) is 10.6. The molecule has 2 aromatic rings. The number of carbonyl (C=O) groups is 2. The Balaban J connectivity index is 1.84. The minimum absolute atomic E-state index is 0.0751. The summed E-state index contributed by atoms with van der Waals surface area (Å²) in [7, 11) is 0. The quantitative estimate of drug-likeness (QED) is 0.746. The largest absolute Gasteiger partial charge is 0.459 e. The van der Waals surface area contributed by atoms with E-state index in [4.69, 9.17) is 4.74 Å². The summed E-state index contributed by atoms with van der Waals surface area (Å²) < 4.78 is 5.55. The van der Waals surface area contributed by atoms with Crippen molar-refractivity contribution in [2.75, 3.05) is 32.7 Å². The Morgan fingerprint density at radius 1 is 1.13 bits per heavy atom. The number of hydrogen-bond acceptors (Lipinski definition) is 4. The molecule has 3 heterocycles. The summed E-state index contributed by atoms with van der Waals surface area (Å²) in [6, 6.07) is 7.97. The SMILES string of the molecule is CC(C)OC(=O)C1=CN(C(=O)N2CCNCC2)CC(C)(C)c2c1[nH]c1ccccc21. The number of amides is 2. The van der Waals surface area contributed by atoms with E-state index in [1.807, 2.05) is 36.9 Å². The summed E-state index contributed by atoms with van der Waals surface area (Å²) in [6.45, 7) is 11.2. The Morgan fingerprint density at radius 3 is 2.53 bits per heavy atom. The molecule has 0 atom stereocenters. The highest BCUT2D eigenvalue weighted by Gasteiger charge is 2.38. The van der Waals surface area contributed by atoms with Gasteiger partial charge in [0.15, 0.2) is 0 Å². The lowest BCUT2D eigenvalue weighted by Crippen LogP contribution is -2.51. The van der Waals surface area contributed by atoms with Gasteiger partial charge < -0.3 is 19.9 Å². The summed E-state index contributed by atoms with van der Waals surface area (Å²) in [6.07, 6.45) is 1.43. The average molecular weight is 411 g/mol. The highest BCUT2D eigenvalue weighted by molar-refractivity contribution is 6.18. The molecule has 1 aromatic carbocycles. The minimum Gasteiger partial charge on any atom is -0.459 e. The number of rotatable bonds is 2. The normalized spacial score (nSPS) is 18.8. The zero-order chi connectivity index (χ0) is 21.5. The maximum atomic E-state index is 13.3. The lowest BCUT2D eigenvalue weighted by molar-refractivity contribution is -0.140. The van der Waals surface area contributed by atoms with Gasteiger partial charge in [0.05, 0.1) is 17.4 Å². The second-order valence-corrected chi connectivity index (χ2v) is 8.95. The van der Waals surface area contributed by atoms with Crippen LogP contribution in [0.25, 0.3) is 16.5 Å². The number of esters is 1. The third kappa shape index (κ3) is 3.69. The van der Waals surface area contributed by atoms with Gasteiger partial charge in [-0.1, -0.05) is 32.0 Å². The van der Waals surface area contributed by atoms with Crippen LogP contribution in [0.4, 0.5) is 4.79 Å². The monoisotopic (exact) mass is 410 g/mol. The number of aromatic amines is 1. The van der Waals surface area contributed by atoms with Gasteiger partial charge >= 0.3 is 12.0 Å². The minimum atomic E-state index is -0.423. The van der Waals surface area contributed by atoms with E-state index in [2.05, 4.69) is 30.2 Å². The standard InChI is InChI=1S/C23H30N4O3/c1-15(2)30-21(28)17-13-27(22(29)26-11-9-24-10-12-26)14-23(3,4)19-16-7-5-6-8-18(16)25-20(17)19/h5-8,13,15,24-25H,9-12,14H2,1-4H3. The van der Waals surface area contributed by atoms with Crippen LogP contribution in [0.5, 0.6) is 0 Å². The van der Waals surface area contributed by atoms with E-state index in [9.17, 15) is 9.59 Å². The van der Waals surface area contributed by atoms with E-state index in [0.717, 1.165) is 35.2 Å². The fourth-order valence-electron chi connectivity index (χ4n) is 4.41. The Morgan fingerprint density at radius 2 is 1.83 bits per heavy atom. The molecule has 2 aliphatic rings. The maximum Gasteiger partial charge on any atom is 0.342 e. The van der Waals surface area contributed by atoms with E-state index in [1.165, 1.54) is 0 Å². The molecule has 2 aliphatic heterocycles. The van der Waals surface area contributed by atoms with E-state index >= 15 is 0 Å². The highest BCUT2D eigenvalue weighted by Crippen LogP contribution is 2.40. The first-order chi connectivity index (χ1) is 14.3. The number of urea groups is 1. The molecule has 4 rings (SSSR count). The number of carbonyl (C=O) groups excluding carboxylic acids is 2. The molecule has 0 saturated carbocycles. The van der Waals surface area contributed by atoms with Crippen LogP contribution in [0.15, 0.2) is 30.5 Å². The van der Waals surface area contributed by atoms with Gasteiger partial charge in [-0.2, -0.15) is 0 Å². The number of ether oxygens (including phenoxy) is 1. The lowest BCUT2D eigenvalue weighted by atomic mass is 9.82. The fraction of sp³-hybridized carbons (Fsp3) is 0.478. The van der Waals surface area contributed by atoms with Gasteiger partial charge in [-0.05, 0) is 25.5 Å². The van der Waals surface area contributed by atoms with Crippen LogP contribution in [0.3, 0.4) is 0 Å². The Labute approximate surface area is 177 Å². The van der Waals surface area contributed by atoms with Gasteiger partial charge in [0, 0.05) is 55.2 Å². The number of fused-ring (bicyclic) bond motifs is 3. The third-order valence-corrected chi connectivity index (χ3v) is 5.70. The van der Waals surface area contributed by atoms with E-state index in [0.29, 0.717) is 25.2 Å². The molecule has 30 heavy (non-hydrogen) atoms. The topological polar surface area (TPSA) is 77.7 Å². The molecule has 0 aliphatic carbocycles. The molecule has 160 valence electrons. The molecule has 1 fully saturated rings. The van der Waals surface area contributed by atoms with Gasteiger partial charge in [0.25, 0.3) is 0 Å². The number of H-pyrrole nitrogens is 1. The Kier molecular flexibility index (Phi) is 5.32. The molecule has 0 bridgehead atoms. The number of piperazine rings is 1. The molecule has 0 radical (unpaired) electrons. The van der Waals surface area contributed by atoms with E-state index < -0.39 is 5.97 Å². The van der Waals surface area contributed by atoms with Crippen molar-refractivity contribution in [1.82, 2.24) is 20.1 Å². The second kappa shape index (κ2) is 7.80. The van der Waals surface area contributed by atoms with Crippen LogP contribution < -0.4 is 5.32 Å². The maximum absolute atomic E-state index is 13.3. The number of hydrogen-bond donors (Lipinski definition) is 2. The van der Waals surface area contributed by atoms with Gasteiger partial charge in [-0.3, -0.25) is 4.90 Å². The number of para-hydroxylation sites is 1. The molecule has 1 saturated heterocycles. The van der Waals surface area contributed by atoms with Gasteiger partial charge in [0.2, 0.25) is 0 Å². The van der Waals surface area contributed by atoms with Crippen molar-refractivity contribution in [2.45, 2.75) is 39.2 Å². The van der Waals surface area contributed by atoms with E-state index in [-0.39, 0.29) is 17.6 Å². The van der Waals surface area contributed by atoms with Crippen LogP contribution >= 0.6 is 0 Å². The van der Waals surface area contributed by atoms with Crippen molar-refractivity contribution in [1.29, 1.82) is 0 Å². The summed E-state index contributed by atoms with van der Waals surface area (Å²) >= 11 is 0. The summed E-state index contributed by atoms with van der Waals surface area (Å²) in [5.41, 5.74) is 2.78. The van der Waals surface area contributed by atoms with Crippen molar-refractivity contribution in [3.8, 4) is 0 Å². The summed E-state index contributed by atoms with van der Waals surface area (Å²) in [5.74, 6) is -0.423. The van der Waals surface area contributed by atoms with Crippen molar-refractivity contribution >= 4 is 28.5 Å². The number of nitrogens with one attached hydrogen (secondary N) is 2. The predicted octanol–water partition coefficient (Wildman–Crippen LogP) is 3.08. The van der Waals surface area contributed by atoms with E-state index in [1.54, 1.807) is 11.1 Å².